The summed E-state index contributed by atoms with van der Waals surface area (Å²) in [5.74, 6) is 0.859. The first-order valence-electron chi connectivity index (χ1n) is 8.20. The van der Waals surface area contributed by atoms with Gasteiger partial charge >= 0.3 is 0 Å². The second-order valence-electron chi connectivity index (χ2n) is 5.58. The molecule has 0 aliphatic carbocycles. The number of guanidine groups is 1. The van der Waals surface area contributed by atoms with Crippen LogP contribution in [-0.4, -0.2) is 51.6 Å². The lowest BCUT2D eigenvalue weighted by molar-refractivity contribution is 0.0263. The Morgan fingerprint density at radius 2 is 2.12 bits per heavy atom. The highest BCUT2D eigenvalue weighted by Crippen LogP contribution is 2.21. The van der Waals surface area contributed by atoms with E-state index in [1.807, 2.05) is 13.8 Å². The van der Waals surface area contributed by atoms with Crippen molar-refractivity contribution in [3.05, 3.63) is 17.0 Å². The fraction of sp³-hybridized carbons (Fsp3) is 0.667. The lowest BCUT2D eigenvalue weighted by atomic mass is 10.1. The molecular weight excluding hydrogens is 348 g/mol. The summed E-state index contributed by atoms with van der Waals surface area (Å²) in [6.07, 6.45) is 2.32. The summed E-state index contributed by atoms with van der Waals surface area (Å²) in [6.45, 7) is 7.85. The van der Waals surface area contributed by atoms with Crippen LogP contribution in [0.15, 0.2) is 21.3 Å². The van der Waals surface area contributed by atoms with E-state index in [2.05, 4.69) is 15.2 Å². The van der Waals surface area contributed by atoms with Crippen molar-refractivity contribution in [3.63, 3.8) is 0 Å². The number of likely N-dealkylation sites (tertiary alicyclic amines) is 1. The highest BCUT2D eigenvalue weighted by Gasteiger charge is 2.21. The van der Waals surface area contributed by atoms with Gasteiger partial charge in [-0.05, 0) is 38.8 Å². The zero-order valence-corrected chi connectivity index (χ0v) is 15.8. The van der Waals surface area contributed by atoms with Crippen LogP contribution in [0.3, 0.4) is 0 Å². The molecule has 1 aromatic heterocycles. The van der Waals surface area contributed by atoms with Crippen molar-refractivity contribution in [2.75, 3.05) is 26.2 Å². The van der Waals surface area contributed by atoms with Gasteiger partial charge in [0.2, 0.25) is 10.0 Å². The summed E-state index contributed by atoms with van der Waals surface area (Å²) < 4.78 is 28.5. The van der Waals surface area contributed by atoms with E-state index in [0.29, 0.717) is 12.6 Å². The van der Waals surface area contributed by atoms with Crippen molar-refractivity contribution in [2.24, 2.45) is 10.1 Å². The van der Waals surface area contributed by atoms with Gasteiger partial charge < -0.3 is 15.0 Å². The smallest absolute Gasteiger partial charge is 0.247 e. The molecule has 2 rings (SSSR count). The second-order valence-corrected chi connectivity index (χ2v) is 8.53. The van der Waals surface area contributed by atoms with E-state index >= 15 is 0 Å². The predicted octanol–water partition coefficient (Wildman–Crippen LogP) is 1.36. The minimum Gasteiger partial charge on any atom is -0.378 e. The number of nitrogens with zero attached hydrogens (tertiary/aromatic N) is 2. The summed E-state index contributed by atoms with van der Waals surface area (Å²) >= 11 is 1.17. The molecule has 1 aliphatic heterocycles. The van der Waals surface area contributed by atoms with Gasteiger partial charge in [0.15, 0.2) is 5.96 Å². The number of primary sulfonamides is 1. The summed E-state index contributed by atoms with van der Waals surface area (Å²) in [5, 5.41) is 8.45. The van der Waals surface area contributed by atoms with Crippen molar-refractivity contribution in [2.45, 2.75) is 43.5 Å². The molecule has 1 aliphatic rings. The Balaban J connectivity index is 1.99. The van der Waals surface area contributed by atoms with Crippen LogP contribution >= 0.6 is 11.3 Å². The van der Waals surface area contributed by atoms with Crippen molar-refractivity contribution >= 4 is 27.3 Å². The Labute approximate surface area is 147 Å². The molecule has 0 saturated carbocycles. The Kier molecular flexibility index (Phi) is 7.02. The normalized spacial score (nSPS) is 17.3. The maximum atomic E-state index is 11.3. The fourth-order valence-electron chi connectivity index (χ4n) is 2.64. The average Bonchev–Trinajstić information content (AvgIpc) is 3.02. The number of aliphatic imine (C=N–C) groups is 1. The molecule has 0 spiro atoms. The second kappa shape index (κ2) is 8.80. The zero-order chi connectivity index (χ0) is 17.6. The first kappa shape index (κ1) is 19.2. The molecule has 0 radical (unpaired) electrons. The highest BCUT2D eigenvalue weighted by molar-refractivity contribution is 7.91. The third-order valence-electron chi connectivity index (χ3n) is 3.78. The van der Waals surface area contributed by atoms with Gasteiger partial charge in [0.05, 0.1) is 12.6 Å². The van der Waals surface area contributed by atoms with E-state index in [0.717, 1.165) is 49.9 Å². The standard InChI is InChI=1S/C15H26N4O3S2/c1-3-17-15(19-9-7-12(8-10-19)22-4-2)18-11-13-5-6-14(23-13)24(16,20)21/h5-6,12H,3-4,7-11H2,1-2H3,(H,17,18)(H2,16,20,21). The average molecular weight is 375 g/mol. The van der Waals surface area contributed by atoms with Crippen LogP contribution in [0.25, 0.3) is 0 Å². The number of piperidine rings is 1. The molecule has 9 heteroatoms. The molecule has 136 valence electrons. The number of hydrogen-bond acceptors (Lipinski definition) is 5. The van der Waals surface area contributed by atoms with Gasteiger partial charge in [0.1, 0.15) is 4.21 Å². The molecule has 0 unspecified atom stereocenters. The van der Waals surface area contributed by atoms with Crippen molar-refractivity contribution in [1.29, 1.82) is 0 Å². The van der Waals surface area contributed by atoms with Crippen LogP contribution in [-0.2, 0) is 21.3 Å². The molecule has 2 heterocycles. The van der Waals surface area contributed by atoms with E-state index in [1.165, 1.54) is 17.4 Å². The fourth-order valence-corrected chi connectivity index (χ4v) is 4.35. The van der Waals surface area contributed by atoms with E-state index in [4.69, 9.17) is 9.88 Å². The number of nitrogens with two attached hydrogens (primary N) is 1. The minimum atomic E-state index is -3.63. The van der Waals surface area contributed by atoms with Crippen LogP contribution in [0.1, 0.15) is 31.6 Å². The third-order valence-corrected chi connectivity index (χ3v) is 6.29. The summed E-state index contributed by atoms with van der Waals surface area (Å²) in [4.78, 5) is 7.74. The highest BCUT2D eigenvalue weighted by atomic mass is 32.2. The summed E-state index contributed by atoms with van der Waals surface area (Å²) in [7, 11) is -3.63. The molecule has 0 atom stereocenters. The molecule has 7 nitrogen and oxygen atoms in total. The number of ether oxygens (including phenoxy) is 1. The maximum Gasteiger partial charge on any atom is 0.247 e. The molecule has 0 bridgehead atoms. The minimum absolute atomic E-state index is 0.176. The molecular formula is C15H26N4O3S2. The number of thiophene rings is 1. The van der Waals surface area contributed by atoms with Gasteiger partial charge in [-0.25, -0.2) is 18.5 Å². The van der Waals surface area contributed by atoms with Crippen LogP contribution in [0.5, 0.6) is 0 Å². The first-order valence-corrected chi connectivity index (χ1v) is 10.6. The summed E-state index contributed by atoms with van der Waals surface area (Å²) in [5.41, 5.74) is 0. The van der Waals surface area contributed by atoms with Crippen LogP contribution in [0.2, 0.25) is 0 Å². The van der Waals surface area contributed by atoms with Crippen LogP contribution in [0.4, 0.5) is 0 Å². The van der Waals surface area contributed by atoms with Gasteiger partial charge in [-0.3, -0.25) is 0 Å². The monoisotopic (exact) mass is 374 g/mol. The van der Waals surface area contributed by atoms with Crippen molar-refractivity contribution in [1.82, 2.24) is 10.2 Å². The van der Waals surface area contributed by atoms with Crippen LogP contribution in [0, 0.1) is 0 Å². The van der Waals surface area contributed by atoms with Crippen molar-refractivity contribution in [3.8, 4) is 0 Å². The van der Waals surface area contributed by atoms with Crippen LogP contribution < -0.4 is 10.5 Å². The SMILES string of the molecule is CCNC(=NCc1ccc(S(N)(=O)=O)s1)N1CCC(OCC)CC1. The number of sulfonamides is 1. The molecule has 24 heavy (non-hydrogen) atoms. The number of hydrogen-bond donors (Lipinski definition) is 2. The molecule has 1 saturated heterocycles. The van der Waals surface area contributed by atoms with E-state index in [9.17, 15) is 8.42 Å². The molecule has 0 aromatic carbocycles. The summed E-state index contributed by atoms with van der Waals surface area (Å²) in [6, 6.07) is 3.30. The van der Waals surface area contributed by atoms with Gasteiger partial charge in [-0.1, -0.05) is 0 Å². The lowest BCUT2D eigenvalue weighted by Crippen LogP contribution is -2.47. The Bertz CT molecular complexity index is 649. The molecule has 3 N–H and O–H groups in total. The largest absolute Gasteiger partial charge is 0.378 e. The first-order chi connectivity index (χ1) is 11.4. The van der Waals surface area contributed by atoms with Gasteiger partial charge in [0, 0.05) is 31.1 Å². The quantitative estimate of drug-likeness (QED) is 0.579. The van der Waals surface area contributed by atoms with Gasteiger partial charge in [-0.2, -0.15) is 0 Å². The molecule has 0 amide bonds. The Morgan fingerprint density at radius 3 is 2.67 bits per heavy atom. The van der Waals surface area contributed by atoms with Gasteiger partial charge in [0.25, 0.3) is 0 Å². The lowest BCUT2D eigenvalue weighted by Gasteiger charge is -2.34. The topological polar surface area (TPSA) is 97.0 Å². The van der Waals surface area contributed by atoms with E-state index in [-0.39, 0.29) is 4.21 Å². The van der Waals surface area contributed by atoms with Gasteiger partial charge in [-0.15, -0.1) is 11.3 Å². The predicted molar refractivity (Wildman–Crippen MR) is 96.7 cm³/mol. The molecule has 1 fully saturated rings. The van der Waals surface area contributed by atoms with E-state index in [1.54, 1.807) is 6.07 Å². The Hall–Kier alpha value is -1.16. The molecule has 1 aromatic rings. The third kappa shape index (κ3) is 5.44. The number of nitrogens with one attached hydrogen (secondary N) is 1. The van der Waals surface area contributed by atoms with E-state index < -0.39 is 10.0 Å². The Morgan fingerprint density at radius 1 is 1.42 bits per heavy atom. The maximum absolute atomic E-state index is 11.3. The zero-order valence-electron chi connectivity index (χ0n) is 14.2. The number of rotatable bonds is 6. The van der Waals surface area contributed by atoms with Crippen molar-refractivity contribution < 1.29 is 13.2 Å².